The molecule has 3 heteroatoms. The Balaban J connectivity index is 1.32. The average molecular weight is 459 g/mol. The lowest BCUT2D eigenvalue weighted by Gasteiger charge is -2.63. The molecule has 0 bridgehead atoms. The summed E-state index contributed by atoms with van der Waals surface area (Å²) in [7, 11) is 0. The summed E-state index contributed by atoms with van der Waals surface area (Å²) in [6, 6.07) is 0. The normalized spacial score (nSPS) is 59.0. The van der Waals surface area contributed by atoms with Gasteiger partial charge in [-0.1, -0.05) is 34.6 Å². The maximum Gasteiger partial charge on any atom is 0.0620 e. The van der Waals surface area contributed by atoms with E-state index >= 15 is 0 Å². The van der Waals surface area contributed by atoms with Crippen LogP contribution in [-0.2, 0) is 4.74 Å². The van der Waals surface area contributed by atoms with Crippen LogP contribution in [-0.4, -0.2) is 34.1 Å². The molecule has 5 aliphatic carbocycles. The number of aliphatic hydroxyl groups excluding tert-OH is 1. The summed E-state index contributed by atoms with van der Waals surface area (Å²) in [5.74, 6) is 2.85. The SMILES string of the molecule is C[C@@H]1CC(CC(C)(C)O)OC2C[C@@]3(C)C4CCC5C(C)(C)C(O)CCC56CC46CCC3(C)C21. The maximum atomic E-state index is 10.9. The lowest BCUT2D eigenvalue weighted by Crippen LogP contribution is -2.57. The predicted molar refractivity (Wildman–Crippen MR) is 132 cm³/mol. The molecule has 2 N–H and O–H groups in total. The van der Waals surface area contributed by atoms with Gasteiger partial charge in [-0.15, -0.1) is 0 Å². The third-order valence-corrected chi connectivity index (χ3v) is 13.5. The van der Waals surface area contributed by atoms with Crippen LogP contribution in [0.4, 0.5) is 0 Å². The predicted octanol–water partition coefficient (Wildman–Crippen LogP) is 6.35. The largest absolute Gasteiger partial charge is 0.393 e. The van der Waals surface area contributed by atoms with Crippen molar-refractivity contribution in [1.29, 1.82) is 0 Å². The van der Waals surface area contributed by atoms with Crippen molar-refractivity contribution in [1.82, 2.24) is 0 Å². The molecule has 0 amide bonds. The average Bonchev–Trinajstić information content (AvgIpc) is 3.28. The monoisotopic (exact) mass is 458 g/mol. The van der Waals surface area contributed by atoms with Crippen molar-refractivity contribution in [2.24, 2.45) is 50.7 Å². The van der Waals surface area contributed by atoms with Crippen LogP contribution in [0.25, 0.3) is 0 Å². The number of rotatable bonds is 2. The molecule has 0 aromatic heterocycles. The first-order chi connectivity index (χ1) is 15.2. The Bertz CT molecular complexity index is 829. The molecule has 33 heavy (non-hydrogen) atoms. The first-order valence-electron chi connectivity index (χ1n) is 14.3. The molecule has 11 atom stereocenters. The molecule has 6 fully saturated rings. The van der Waals surface area contributed by atoms with Gasteiger partial charge in [-0.2, -0.15) is 0 Å². The summed E-state index contributed by atoms with van der Waals surface area (Å²) in [5.41, 5.74) is 1.18. The van der Waals surface area contributed by atoms with Crippen LogP contribution in [0.2, 0.25) is 0 Å². The van der Waals surface area contributed by atoms with Gasteiger partial charge in [0.25, 0.3) is 0 Å². The molecule has 6 rings (SSSR count). The Morgan fingerprint density at radius 3 is 2.27 bits per heavy atom. The summed E-state index contributed by atoms with van der Waals surface area (Å²) in [4.78, 5) is 0. The van der Waals surface area contributed by atoms with Crippen LogP contribution in [0.5, 0.6) is 0 Å². The van der Waals surface area contributed by atoms with Crippen molar-refractivity contribution in [3.63, 3.8) is 0 Å². The third-order valence-electron chi connectivity index (χ3n) is 13.5. The highest BCUT2D eigenvalue weighted by atomic mass is 16.5. The van der Waals surface area contributed by atoms with Crippen LogP contribution in [0.15, 0.2) is 0 Å². The Hall–Kier alpha value is -0.120. The molecular weight excluding hydrogens is 408 g/mol. The third kappa shape index (κ3) is 2.74. The Labute approximate surface area is 202 Å². The fourth-order valence-electron chi connectivity index (χ4n) is 12.1. The van der Waals surface area contributed by atoms with Crippen LogP contribution in [0, 0.1) is 50.7 Å². The molecule has 1 aliphatic heterocycles. The summed E-state index contributed by atoms with van der Waals surface area (Å²) in [6.07, 6.45) is 12.7. The fourth-order valence-corrected chi connectivity index (χ4v) is 12.1. The van der Waals surface area contributed by atoms with E-state index in [2.05, 4.69) is 34.6 Å². The quantitative estimate of drug-likeness (QED) is 0.507. The number of ether oxygens (including phenoxy) is 1. The topological polar surface area (TPSA) is 49.7 Å². The van der Waals surface area contributed by atoms with Crippen molar-refractivity contribution in [3.8, 4) is 0 Å². The summed E-state index contributed by atoms with van der Waals surface area (Å²) < 4.78 is 6.86. The van der Waals surface area contributed by atoms with Crippen LogP contribution >= 0.6 is 0 Å². The highest BCUT2D eigenvalue weighted by Crippen LogP contribution is 2.89. The van der Waals surface area contributed by atoms with Gasteiger partial charge in [-0.05, 0) is 122 Å². The van der Waals surface area contributed by atoms with E-state index < -0.39 is 5.60 Å². The van der Waals surface area contributed by atoms with E-state index in [1.54, 1.807) is 0 Å². The molecule has 5 saturated carbocycles. The second kappa shape index (κ2) is 6.60. The van der Waals surface area contributed by atoms with E-state index in [1.165, 1.54) is 44.9 Å². The Kier molecular flexibility index (Phi) is 4.66. The van der Waals surface area contributed by atoms with Gasteiger partial charge in [0.05, 0.1) is 23.9 Å². The number of hydrogen-bond donors (Lipinski definition) is 2. The first-order valence-corrected chi connectivity index (χ1v) is 14.3. The second-order valence-corrected chi connectivity index (χ2v) is 15.6. The van der Waals surface area contributed by atoms with Crippen molar-refractivity contribution < 1.29 is 14.9 Å². The van der Waals surface area contributed by atoms with Crippen LogP contribution < -0.4 is 0 Å². The van der Waals surface area contributed by atoms with Crippen LogP contribution in [0.1, 0.15) is 113 Å². The molecule has 9 unspecified atom stereocenters. The Morgan fingerprint density at radius 2 is 1.58 bits per heavy atom. The molecule has 3 nitrogen and oxygen atoms in total. The zero-order chi connectivity index (χ0) is 23.8. The van der Waals surface area contributed by atoms with Gasteiger partial charge in [-0.3, -0.25) is 0 Å². The standard InChI is InChI=1S/C30H50O3/c1-18-14-19(15-25(2,3)32)33-20-16-28(7)22-9-8-21-26(4,5)23(31)10-11-29(21)17-30(22,29)13-12-27(28,6)24(18)20/h18-24,31-32H,8-17H2,1-7H3/t18-,19?,20?,21?,22?,23?,24?,27?,28+,29?,30?/m1/s1. The minimum atomic E-state index is -0.655. The number of aliphatic hydroxyl groups is 2. The van der Waals surface area contributed by atoms with E-state index in [0.29, 0.717) is 45.5 Å². The van der Waals surface area contributed by atoms with Gasteiger partial charge in [0.1, 0.15) is 0 Å². The zero-order valence-electron chi connectivity index (χ0n) is 22.4. The van der Waals surface area contributed by atoms with Crippen molar-refractivity contribution in [3.05, 3.63) is 0 Å². The molecule has 1 saturated heterocycles. The molecule has 2 spiro atoms. The van der Waals surface area contributed by atoms with Crippen molar-refractivity contribution in [2.75, 3.05) is 0 Å². The fraction of sp³-hybridized carbons (Fsp3) is 1.00. The molecule has 188 valence electrons. The van der Waals surface area contributed by atoms with Gasteiger partial charge in [0.15, 0.2) is 0 Å². The Morgan fingerprint density at radius 1 is 0.909 bits per heavy atom. The van der Waals surface area contributed by atoms with Gasteiger partial charge in [0.2, 0.25) is 0 Å². The molecule has 0 radical (unpaired) electrons. The summed E-state index contributed by atoms with van der Waals surface area (Å²) in [5, 5.41) is 21.4. The molecule has 1 heterocycles. The van der Waals surface area contributed by atoms with Crippen molar-refractivity contribution >= 4 is 0 Å². The van der Waals surface area contributed by atoms with E-state index in [1.807, 2.05) is 13.8 Å². The lowest BCUT2D eigenvalue weighted by molar-refractivity contribution is -0.168. The lowest BCUT2D eigenvalue weighted by atomic mass is 9.41. The highest BCUT2D eigenvalue weighted by molar-refractivity contribution is 5.31. The van der Waals surface area contributed by atoms with E-state index in [9.17, 15) is 10.2 Å². The molecular formula is C30H50O3. The minimum absolute atomic E-state index is 0.0694. The smallest absolute Gasteiger partial charge is 0.0620 e. The van der Waals surface area contributed by atoms with Gasteiger partial charge in [-0.25, -0.2) is 0 Å². The minimum Gasteiger partial charge on any atom is -0.393 e. The van der Waals surface area contributed by atoms with Gasteiger partial charge >= 0.3 is 0 Å². The van der Waals surface area contributed by atoms with E-state index in [4.69, 9.17) is 4.74 Å². The molecule has 6 aliphatic rings. The second-order valence-electron chi connectivity index (χ2n) is 15.6. The number of hydrogen-bond acceptors (Lipinski definition) is 3. The highest BCUT2D eigenvalue weighted by Gasteiger charge is 2.83. The van der Waals surface area contributed by atoms with Gasteiger partial charge < -0.3 is 14.9 Å². The first kappa shape index (κ1) is 23.3. The van der Waals surface area contributed by atoms with E-state index in [-0.39, 0.29) is 17.6 Å². The maximum absolute atomic E-state index is 10.9. The zero-order valence-corrected chi connectivity index (χ0v) is 22.4. The number of fused-ring (bicyclic) bond motifs is 4. The summed E-state index contributed by atoms with van der Waals surface area (Å²) >= 11 is 0. The molecule has 0 aromatic rings. The molecule has 0 aromatic carbocycles. The summed E-state index contributed by atoms with van der Waals surface area (Å²) in [6.45, 7) is 16.4. The van der Waals surface area contributed by atoms with E-state index in [0.717, 1.165) is 25.2 Å². The van der Waals surface area contributed by atoms with Crippen molar-refractivity contribution in [2.45, 2.75) is 137 Å². The van der Waals surface area contributed by atoms with Crippen LogP contribution in [0.3, 0.4) is 0 Å². The van der Waals surface area contributed by atoms with Gasteiger partial charge in [0, 0.05) is 6.42 Å².